The molecule has 7 heteroatoms. The minimum Gasteiger partial charge on any atom is -0.494 e. The SMILES string of the molecule is NCCCOc1ccc(-c2cnc3ccc(-c4cn(C(c5ccccc5)(c5ccccc5)c5ccccc5)nc4-c4ccc(F)cc4)cn23)cc1. The van der Waals surface area contributed by atoms with Crippen LogP contribution in [0.15, 0.2) is 170 Å². The molecule has 2 N–H and O–H groups in total. The van der Waals surface area contributed by atoms with Crippen molar-refractivity contribution in [1.29, 1.82) is 0 Å². The molecule has 250 valence electrons. The maximum atomic E-state index is 14.3. The summed E-state index contributed by atoms with van der Waals surface area (Å²) < 4.78 is 24.3. The molecule has 0 saturated carbocycles. The highest BCUT2D eigenvalue weighted by molar-refractivity contribution is 5.81. The van der Waals surface area contributed by atoms with Crippen LogP contribution in [0.2, 0.25) is 0 Å². The molecule has 0 amide bonds. The predicted molar refractivity (Wildman–Crippen MR) is 201 cm³/mol. The van der Waals surface area contributed by atoms with E-state index in [1.807, 2.05) is 54.7 Å². The Morgan fingerprint density at radius 2 is 1.20 bits per heavy atom. The van der Waals surface area contributed by atoms with Gasteiger partial charge in [-0.05, 0) is 90.3 Å². The van der Waals surface area contributed by atoms with E-state index < -0.39 is 5.54 Å². The number of ether oxygens (including phenoxy) is 1. The molecule has 0 saturated heterocycles. The normalized spacial score (nSPS) is 11.6. The number of imidazole rings is 1. The molecule has 8 aromatic rings. The first kappa shape index (κ1) is 31.9. The fraction of sp³-hybridized carbons (Fsp3) is 0.0909. The second kappa shape index (κ2) is 13.9. The summed E-state index contributed by atoms with van der Waals surface area (Å²) in [5.41, 5.74) is 14.2. The third-order valence-electron chi connectivity index (χ3n) is 9.33. The monoisotopic (exact) mass is 669 g/mol. The first-order valence-electron chi connectivity index (χ1n) is 17.1. The Morgan fingerprint density at radius 1 is 0.627 bits per heavy atom. The van der Waals surface area contributed by atoms with Crippen molar-refractivity contribution in [1.82, 2.24) is 19.2 Å². The number of benzene rings is 5. The molecule has 51 heavy (non-hydrogen) atoms. The number of halogens is 1. The number of rotatable bonds is 11. The Morgan fingerprint density at radius 3 is 1.78 bits per heavy atom. The Kier molecular flexibility index (Phi) is 8.70. The maximum absolute atomic E-state index is 14.3. The molecule has 0 aliphatic carbocycles. The molecule has 3 heterocycles. The van der Waals surface area contributed by atoms with E-state index in [4.69, 9.17) is 20.6 Å². The Hall–Kier alpha value is -6.31. The second-order valence-corrected chi connectivity index (χ2v) is 12.5. The van der Waals surface area contributed by atoms with Crippen LogP contribution >= 0.6 is 0 Å². The minimum absolute atomic E-state index is 0.299. The van der Waals surface area contributed by atoms with E-state index in [-0.39, 0.29) is 5.82 Å². The number of fused-ring (bicyclic) bond motifs is 1. The molecule has 0 bridgehead atoms. The van der Waals surface area contributed by atoms with Crippen LogP contribution in [0.4, 0.5) is 4.39 Å². The van der Waals surface area contributed by atoms with Gasteiger partial charge in [-0.3, -0.25) is 9.08 Å². The zero-order valence-corrected chi connectivity index (χ0v) is 27.9. The van der Waals surface area contributed by atoms with Crippen molar-refractivity contribution >= 4 is 5.65 Å². The molecular formula is C44H36FN5O. The zero-order chi connectivity index (χ0) is 34.6. The van der Waals surface area contributed by atoms with Gasteiger partial charge in [-0.1, -0.05) is 91.0 Å². The van der Waals surface area contributed by atoms with Gasteiger partial charge in [0.2, 0.25) is 0 Å². The standard InChI is InChI=1S/C44H36FN5O/c45-38-22-17-33(18-23-38)43-40(34-21-26-42-47-29-41(49(42)30-34)32-19-24-39(25-20-32)51-28-10-27-46)31-50(48-43)44(35-11-4-1-5-12-35,36-13-6-2-7-14-36)37-15-8-3-9-16-37/h1-9,11-26,29-31H,10,27-28,46H2. The van der Waals surface area contributed by atoms with Gasteiger partial charge in [-0.25, -0.2) is 9.37 Å². The molecule has 3 aromatic heterocycles. The third kappa shape index (κ3) is 5.98. The number of nitrogens with two attached hydrogens (primary N) is 1. The quantitative estimate of drug-likeness (QED) is 0.110. The van der Waals surface area contributed by atoms with E-state index in [2.05, 4.69) is 100 Å². The lowest BCUT2D eigenvalue weighted by atomic mass is 9.77. The first-order chi connectivity index (χ1) is 25.1. The molecule has 0 radical (unpaired) electrons. The van der Waals surface area contributed by atoms with Gasteiger partial charge >= 0.3 is 0 Å². The van der Waals surface area contributed by atoms with Gasteiger partial charge in [-0.15, -0.1) is 0 Å². The number of pyridine rings is 1. The molecule has 0 aliphatic rings. The van der Waals surface area contributed by atoms with Crippen LogP contribution in [-0.2, 0) is 5.54 Å². The number of aromatic nitrogens is 4. The lowest BCUT2D eigenvalue weighted by Gasteiger charge is -2.36. The van der Waals surface area contributed by atoms with E-state index in [0.29, 0.717) is 13.2 Å². The summed E-state index contributed by atoms with van der Waals surface area (Å²) in [6, 6.07) is 50.1. The molecule has 5 aromatic carbocycles. The molecule has 0 aliphatic heterocycles. The molecule has 8 rings (SSSR count). The Bertz CT molecular complexity index is 2270. The van der Waals surface area contributed by atoms with E-state index >= 15 is 0 Å². The number of hydrogen-bond donors (Lipinski definition) is 1. The Balaban J connectivity index is 1.34. The molecule has 0 unspecified atom stereocenters. The highest BCUT2D eigenvalue weighted by atomic mass is 19.1. The van der Waals surface area contributed by atoms with Crippen molar-refractivity contribution in [2.45, 2.75) is 12.0 Å². The summed E-state index contributed by atoms with van der Waals surface area (Å²) >= 11 is 0. The van der Waals surface area contributed by atoms with Crippen molar-refractivity contribution in [2.24, 2.45) is 5.73 Å². The summed E-state index contributed by atoms with van der Waals surface area (Å²) in [7, 11) is 0. The minimum atomic E-state index is -0.824. The van der Waals surface area contributed by atoms with Crippen LogP contribution in [0.1, 0.15) is 23.1 Å². The van der Waals surface area contributed by atoms with Gasteiger partial charge in [0, 0.05) is 34.6 Å². The zero-order valence-electron chi connectivity index (χ0n) is 27.9. The molecule has 0 fully saturated rings. The van der Waals surface area contributed by atoms with Gasteiger partial charge in [0.05, 0.1) is 18.5 Å². The third-order valence-corrected chi connectivity index (χ3v) is 9.33. The topological polar surface area (TPSA) is 70.4 Å². The summed E-state index contributed by atoms with van der Waals surface area (Å²) in [4.78, 5) is 4.72. The van der Waals surface area contributed by atoms with Crippen molar-refractivity contribution in [2.75, 3.05) is 13.2 Å². The van der Waals surface area contributed by atoms with Gasteiger partial charge in [0.1, 0.15) is 28.4 Å². The largest absolute Gasteiger partial charge is 0.494 e. The van der Waals surface area contributed by atoms with E-state index in [9.17, 15) is 4.39 Å². The molecular weight excluding hydrogens is 634 g/mol. The summed E-state index contributed by atoms with van der Waals surface area (Å²) in [6.45, 7) is 1.18. The first-order valence-corrected chi connectivity index (χ1v) is 17.1. The van der Waals surface area contributed by atoms with Crippen LogP contribution in [0.5, 0.6) is 5.75 Å². The van der Waals surface area contributed by atoms with Gasteiger partial charge in [0.25, 0.3) is 0 Å². The smallest absolute Gasteiger partial charge is 0.138 e. The van der Waals surface area contributed by atoms with Crippen molar-refractivity contribution in [3.8, 4) is 39.4 Å². The van der Waals surface area contributed by atoms with Crippen LogP contribution in [0.25, 0.3) is 39.3 Å². The highest BCUT2D eigenvalue weighted by Crippen LogP contribution is 2.43. The van der Waals surface area contributed by atoms with Crippen molar-refractivity contribution in [3.63, 3.8) is 0 Å². The van der Waals surface area contributed by atoms with Gasteiger partial charge < -0.3 is 10.5 Å². The fourth-order valence-electron chi connectivity index (χ4n) is 6.86. The summed E-state index contributed by atoms with van der Waals surface area (Å²) in [5.74, 6) is 0.504. The lowest BCUT2D eigenvalue weighted by Crippen LogP contribution is -2.38. The van der Waals surface area contributed by atoms with Gasteiger partial charge in [-0.2, -0.15) is 5.10 Å². The lowest BCUT2D eigenvalue weighted by molar-refractivity contribution is 0.313. The average molecular weight is 670 g/mol. The fourth-order valence-corrected chi connectivity index (χ4v) is 6.86. The van der Waals surface area contributed by atoms with Crippen molar-refractivity contribution < 1.29 is 9.13 Å². The van der Waals surface area contributed by atoms with Crippen LogP contribution in [0, 0.1) is 5.82 Å². The Labute approximate surface area is 296 Å². The predicted octanol–water partition coefficient (Wildman–Crippen LogP) is 9.24. The van der Waals surface area contributed by atoms with Crippen LogP contribution < -0.4 is 10.5 Å². The van der Waals surface area contributed by atoms with E-state index in [0.717, 1.165) is 68.1 Å². The van der Waals surface area contributed by atoms with Crippen LogP contribution in [0.3, 0.4) is 0 Å². The number of hydrogen-bond acceptors (Lipinski definition) is 4. The average Bonchev–Trinajstić information content (AvgIpc) is 3.83. The van der Waals surface area contributed by atoms with Crippen molar-refractivity contribution in [3.05, 3.63) is 193 Å². The maximum Gasteiger partial charge on any atom is 0.138 e. The van der Waals surface area contributed by atoms with E-state index in [1.54, 1.807) is 12.1 Å². The molecule has 0 spiro atoms. The van der Waals surface area contributed by atoms with Crippen LogP contribution in [-0.4, -0.2) is 32.3 Å². The molecule has 0 atom stereocenters. The summed E-state index contributed by atoms with van der Waals surface area (Å²) in [5, 5.41) is 5.42. The van der Waals surface area contributed by atoms with E-state index in [1.165, 1.54) is 12.1 Å². The number of nitrogens with zero attached hydrogens (tertiary/aromatic N) is 4. The highest BCUT2D eigenvalue weighted by Gasteiger charge is 2.40. The molecule has 6 nitrogen and oxygen atoms in total. The van der Waals surface area contributed by atoms with Gasteiger partial charge in [0.15, 0.2) is 0 Å². The second-order valence-electron chi connectivity index (χ2n) is 12.5. The summed E-state index contributed by atoms with van der Waals surface area (Å²) in [6.07, 6.45) is 6.92.